The minimum absolute atomic E-state index is 0. The van der Waals surface area contributed by atoms with Gasteiger partial charge in [0.05, 0.1) is 6.54 Å². The van der Waals surface area contributed by atoms with Gasteiger partial charge in [-0.3, -0.25) is 9.89 Å². The molecule has 0 amide bonds. The number of guanidine groups is 1. The summed E-state index contributed by atoms with van der Waals surface area (Å²) in [6.45, 7) is 8.48. The lowest BCUT2D eigenvalue weighted by molar-refractivity contribution is -0.143. The molecule has 1 aromatic heterocycles. The van der Waals surface area contributed by atoms with Crippen molar-refractivity contribution in [2.75, 3.05) is 39.0 Å². The summed E-state index contributed by atoms with van der Waals surface area (Å²) >= 11 is 1.60. The van der Waals surface area contributed by atoms with E-state index in [9.17, 15) is 13.2 Å². The van der Waals surface area contributed by atoms with E-state index in [1.165, 1.54) is 4.90 Å². The van der Waals surface area contributed by atoms with Crippen LogP contribution in [-0.4, -0.2) is 76.8 Å². The molecule has 0 bridgehead atoms. The number of aryl methyl sites for hydroxylation is 1. The molecular formula is C19H35F3IN7S. The molecule has 2 N–H and O–H groups in total. The van der Waals surface area contributed by atoms with Crippen molar-refractivity contribution in [1.29, 1.82) is 0 Å². The molecule has 7 nitrogen and oxygen atoms in total. The fourth-order valence-electron chi connectivity index (χ4n) is 3.49. The molecule has 1 unspecified atom stereocenters. The Hall–Kier alpha value is -0.760. The predicted octanol–water partition coefficient (Wildman–Crippen LogP) is 3.40. The van der Waals surface area contributed by atoms with Gasteiger partial charge in [0.2, 0.25) is 0 Å². The van der Waals surface area contributed by atoms with Crippen LogP contribution in [0.15, 0.2) is 10.1 Å². The standard InChI is InChI=1S/C19H34F3N7S.HI/c1-5-23-17(25-15-8-10-28(12-15)13-19(20,21)22)24-9-6-7-16-26-27-18(30-4)29(16)11-14(2)3;/h14-15H,5-13H2,1-4H3,(H2,23,24,25);1H. The monoisotopic (exact) mass is 577 g/mol. The molecule has 1 aromatic rings. The summed E-state index contributed by atoms with van der Waals surface area (Å²) in [5, 5.41) is 16.0. The van der Waals surface area contributed by atoms with E-state index in [1.807, 2.05) is 13.2 Å². The molecule has 0 saturated carbocycles. The van der Waals surface area contributed by atoms with Gasteiger partial charge in [0.15, 0.2) is 11.1 Å². The second-order valence-electron chi connectivity index (χ2n) is 7.95. The first kappa shape index (κ1) is 28.3. The van der Waals surface area contributed by atoms with Gasteiger partial charge in [0, 0.05) is 45.2 Å². The Bertz CT molecular complexity index is 682. The lowest BCUT2D eigenvalue weighted by Gasteiger charge is -2.19. The third-order valence-electron chi connectivity index (χ3n) is 4.71. The molecule has 0 aromatic carbocycles. The summed E-state index contributed by atoms with van der Waals surface area (Å²) in [5.74, 6) is 2.14. The van der Waals surface area contributed by atoms with Crippen molar-refractivity contribution >= 4 is 41.7 Å². The van der Waals surface area contributed by atoms with Crippen LogP contribution in [-0.2, 0) is 13.0 Å². The van der Waals surface area contributed by atoms with Crippen molar-refractivity contribution in [3.63, 3.8) is 0 Å². The first-order valence-corrected chi connectivity index (χ1v) is 11.7. The molecule has 1 saturated heterocycles. The topological polar surface area (TPSA) is 70.4 Å². The van der Waals surface area contributed by atoms with Crippen molar-refractivity contribution in [1.82, 2.24) is 30.3 Å². The maximum atomic E-state index is 12.6. The highest BCUT2D eigenvalue weighted by molar-refractivity contribution is 14.0. The van der Waals surface area contributed by atoms with Crippen LogP contribution < -0.4 is 10.6 Å². The van der Waals surface area contributed by atoms with Gasteiger partial charge in [0.1, 0.15) is 5.82 Å². The van der Waals surface area contributed by atoms with Gasteiger partial charge in [-0.05, 0) is 31.9 Å². The van der Waals surface area contributed by atoms with Crippen molar-refractivity contribution in [2.45, 2.75) is 64.0 Å². The molecule has 0 radical (unpaired) electrons. The summed E-state index contributed by atoms with van der Waals surface area (Å²) in [7, 11) is 0. The smallest absolute Gasteiger partial charge is 0.357 e. The summed E-state index contributed by atoms with van der Waals surface area (Å²) in [6, 6.07) is -0.0246. The van der Waals surface area contributed by atoms with E-state index < -0.39 is 12.7 Å². The maximum absolute atomic E-state index is 12.6. The molecule has 0 aliphatic carbocycles. The van der Waals surface area contributed by atoms with Gasteiger partial charge in [-0.1, -0.05) is 25.6 Å². The van der Waals surface area contributed by atoms with Gasteiger partial charge in [-0.25, -0.2) is 0 Å². The summed E-state index contributed by atoms with van der Waals surface area (Å²) in [5.41, 5.74) is 0. The number of nitrogens with zero attached hydrogens (tertiary/aromatic N) is 5. The van der Waals surface area contributed by atoms with Crippen LogP contribution in [0.5, 0.6) is 0 Å². The largest absolute Gasteiger partial charge is 0.401 e. The fraction of sp³-hybridized carbons (Fsp3) is 0.842. The summed E-state index contributed by atoms with van der Waals surface area (Å²) in [6.07, 6.45) is 0.135. The molecule has 1 aliphatic rings. The molecule has 1 atom stereocenters. The minimum atomic E-state index is -4.15. The van der Waals surface area contributed by atoms with Gasteiger partial charge in [0.25, 0.3) is 0 Å². The van der Waals surface area contributed by atoms with E-state index in [0.717, 1.165) is 30.4 Å². The third kappa shape index (κ3) is 10.1. The van der Waals surface area contributed by atoms with E-state index in [0.29, 0.717) is 44.5 Å². The highest BCUT2D eigenvalue weighted by Gasteiger charge is 2.34. The average molecular weight is 578 g/mol. The number of hydrogen-bond acceptors (Lipinski definition) is 5. The minimum Gasteiger partial charge on any atom is -0.357 e. The number of likely N-dealkylation sites (tertiary alicyclic amines) is 1. The van der Waals surface area contributed by atoms with Gasteiger partial charge >= 0.3 is 6.18 Å². The van der Waals surface area contributed by atoms with Crippen LogP contribution in [0.25, 0.3) is 0 Å². The molecule has 1 aliphatic heterocycles. The second kappa shape index (κ2) is 13.7. The van der Waals surface area contributed by atoms with Crippen molar-refractivity contribution in [2.24, 2.45) is 10.9 Å². The highest BCUT2D eigenvalue weighted by Crippen LogP contribution is 2.20. The average Bonchev–Trinajstić information content (AvgIpc) is 3.23. The summed E-state index contributed by atoms with van der Waals surface area (Å²) < 4.78 is 39.9. The zero-order valence-corrected chi connectivity index (χ0v) is 21.9. The number of hydrogen-bond donors (Lipinski definition) is 2. The van der Waals surface area contributed by atoms with E-state index in [-0.39, 0.29) is 30.0 Å². The Morgan fingerprint density at radius 2 is 2.06 bits per heavy atom. The second-order valence-corrected chi connectivity index (χ2v) is 8.73. The van der Waals surface area contributed by atoms with Crippen molar-refractivity contribution in [3.05, 3.63) is 5.82 Å². The maximum Gasteiger partial charge on any atom is 0.401 e. The van der Waals surface area contributed by atoms with Gasteiger partial charge in [-0.2, -0.15) is 13.2 Å². The van der Waals surface area contributed by atoms with Crippen LogP contribution in [0.4, 0.5) is 13.2 Å². The zero-order valence-electron chi connectivity index (χ0n) is 18.7. The Labute approximate surface area is 204 Å². The molecule has 0 spiro atoms. The van der Waals surface area contributed by atoms with E-state index in [1.54, 1.807) is 11.8 Å². The van der Waals surface area contributed by atoms with Crippen LogP contribution >= 0.6 is 35.7 Å². The molecule has 180 valence electrons. The van der Waals surface area contributed by atoms with Gasteiger partial charge < -0.3 is 15.2 Å². The number of alkyl halides is 3. The lowest BCUT2D eigenvalue weighted by atomic mass is 10.2. The number of thioether (sulfide) groups is 1. The Balaban J connectivity index is 0.00000480. The van der Waals surface area contributed by atoms with Crippen LogP contribution in [0.2, 0.25) is 0 Å². The first-order valence-electron chi connectivity index (χ1n) is 10.5. The van der Waals surface area contributed by atoms with E-state index in [2.05, 4.69) is 44.2 Å². The van der Waals surface area contributed by atoms with E-state index >= 15 is 0 Å². The summed E-state index contributed by atoms with van der Waals surface area (Å²) in [4.78, 5) is 6.04. The molecule has 2 heterocycles. The third-order valence-corrected chi connectivity index (χ3v) is 5.38. The zero-order chi connectivity index (χ0) is 22.1. The predicted molar refractivity (Wildman–Crippen MR) is 130 cm³/mol. The first-order chi connectivity index (χ1) is 14.2. The Morgan fingerprint density at radius 3 is 2.68 bits per heavy atom. The Kier molecular flexibility index (Phi) is 12.5. The molecule has 31 heavy (non-hydrogen) atoms. The fourth-order valence-corrected chi connectivity index (χ4v) is 4.02. The van der Waals surface area contributed by atoms with Crippen LogP contribution in [0.1, 0.15) is 39.4 Å². The highest BCUT2D eigenvalue weighted by atomic mass is 127. The molecule has 1 fully saturated rings. The normalized spacial score (nSPS) is 17.8. The molecular weight excluding hydrogens is 542 g/mol. The molecule has 12 heteroatoms. The number of halogens is 4. The Morgan fingerprint density at radius 1 is 1.32 bits per heavy atom. The van der Waals surface area contributed by atoms with Crippen LogP contribution in [0, 0.1) is 5.92 Å². The SMILES string of the molecule is CCNC(=NCCCc1nnc(SC)n1CC(C)C)NC1CCN(CC(F)(F)F)C1.I. The number of aliphatic imine (C=N–C) groups is 1. The van der Waals surface area contributed by atoms with Crippen molar-refractivity contribution in [3.8, 4) is 0 Å². The molecule has 2 rings (SSSR count). The van der Waals surface area contributed by atoms with E-state index in [4.69, 9.17) is 0 Å². The van der Waals surface area contributed by atoms with Gasteiger partial charge in [-0.15, -0.1) is 34.2 Å². The lowest BCUT2D eigenvalue weighted by Crippen LogP contribution is -2.45. The quantitative estimate of drug-likeness (QED) is 0.146. The number of aromatic nitrogens is 3. The van der Waals surface area contributed by atoms with Crippen LogP contribution in [0.3, 0.4) is 0 Å². The number of rotatable bonds is 10. The van der Waals surface area contributed by atoms with Crippen molar-refractivity contribution < 1.29 is 13.2 Å². The number of nitrogens with one attached hydrogen (secondary N) is 2.